The number of pyridine rings is 1. The number of fused-ring (bicyclic) bond motifs is 1. The van der Waals surface area contributed by atoms with Gasteiger partial charge in [0.1, 0.15) is 6.04 Å². The van der Waals surface area contributed by atoms with E-state index >= 15 is 0 Å². The van der Waals surface area contributed by atoms with E-state index in [2.05, 4.69) is 36.3 Å². The molecule has 108 valence electrons. The molecule has 0 aliphatic carbocycles. The Morgan fingerprint density at radius 1 is 1.52 bits per heavy atom. The van der Waals surface area contributed by atoms with Crippen LogP contribution in [0.4, 0.5) is 0 Å². The predicted molar refractivity (Wildman–Crippen MR) is 81.8 cm³/mol. The van der Waals surface area contributed by atoms with Gasteiger partial charge in [0.2, 0.25) is 0 Å². The number of rotatable bonds is 6. The zero-order valence-electron chi connectivity index (χ0n) is 10.9. The SMILES string of the molecule is [N-]=[N+]=NCCNC(C(=O)O)c1ccc(Br)c2cccnc12. The van der Waals surface area contributed by atoms with Gasteiger partial charge in [-0.05, 0) is 17.7 Å². The van der Waals surface area contributed by atoms with Crippen molar-refractivity contribution in [2.45, 2.75) is 6.04 Å². The van der Waals surface area contributed by atoms with Crippen LogP contribution in [0.3, 0.4) is 0 Å². The average molecular weight is 350 g/mol. The van der Waals surface area contributed by atoms with Crippen LogP contribution in [0.1, 0.15) is 11.6 Å². The third-order valence-electron chi connectivity index (χ3n) is 2.93. The maximum atomic E-state index is 11.5. The summed E-state index contributed by atoms with van der Waals surface area (Å²) in [5.74, 6) is -1.01. The Balaban J connectivity index is 2.38. The minimum atomic E-state index is -1.01. The third kappa shape index (κ3) is 3.49. The molecule has 1 aromatic carbocycles. The Labute approximate surface area is 128 Å². The lowest BCUT2D eigenvalue weighted by Crippen LogP contribution is -2.30. The first-order chi connectivity index (χ1) is 10.1. The molecular weight excluding hydrogens is 338 g/mol. The van der Waals surface area contributed by atoms with E-state index in [1.165, 1.54) is 0 Å². The van der Waals surface area contributed by atoms with Crippen molar-refractivity contribution < 1.29 is 9.90 Å². The number of aliphatic carboxylic acids is 1. The van der Waals surface area contributed by atoms with Gasteiger partial charge >= 0.3 is 5.97 Å². The minimum absolute atomic E-state index is 0.183. The zero-order chi connectivity index (χ0) is 15.2. The van der Waals surface area contributed by atoms with Crippen LogP contribution in [0, 0.1) is 0 Å². The highest BCUT2D eigenvalue weighted by Gasteiger charge is 2.22. The van der Waals surface area contributed by atoms with Gasteiger partial charge in [0, 0.05) is 39.6 Å². The molecule has 0 amide bonds. The lowest BCUT2D eigenvalue weighted by atomic mass is 10.0. The number of nitrogens with one attached hydrogen (secondary N) is 1. The summed E-state index contributed by atoms with van der Waals surface area (Å²) >= 11 is 3.43. The highest BCUT2D eigenvalue weighted by Crippen LogP contribution is 2.28. The Kier molecular flexibility index (Phi) is 5.10. The van der Waals surface area contributed by atoms with Crippen molar-refractivity contribution in [1.82, 2.24) is 10.3 Å². The van der Waals surface area contributed by atoms with Crippen LogP contribution in [0.15, 0.2) is 40.0 Å². The summed E-state index contributed by atoms with van der Waals surface area (Å²) in [4.78, 5) is 18.4. The van der Waals surface area contributed by atoms with Crippen LogP contribution in [-0.4, -0.2) is 29.1 Å². The van der Waals surface area contributed by atoms with E-state index in [0.29, 0.717) is 11.1 Å². The van der Waals surface area contributed by atoms with Gasteiger partial charge in [-0.15, -0.1) is 0 Å². The van der Waals surface area contributed by atoms with E-state index in [4.69, 9.17) is 5.53 Å². The molecule has 7 nitrogen and oxygen atoms in total. The highest BCUT2D eigenvalue weighted by atomic mass is 79.9. The highest BCUT2D eigenvalue weighted by molar-refractivity contribution is 9.10. The van der Waals surface area contributed by atoms with Crippen LogP contribution in [0.25, 0.3) is 21.3 Å². The first kappa shape index (κ1) is 15.2. The Bertz CT molecular complexity index is 715. The predicted octanol–water partition coefficient (Wildman–Crippen LogP) is 3.02. The second-order valence-electron chi connectivity index (χ2n) is 4.22. The second kappa shape index (κ2) is 7.03. The molecule has 0 aliphatic heterocycles. The van der Waals surface area contributed by atoms with Crippen molar-refractivity contribution in [1.29, 1.82) is 0 Å². The number of halogens is 1. The summed E-state index contributed by atoms with van der Waals surface area (Å²) in [6.45, 7) is 0.452. The fraction of sp³-hybridized carbons (Fsp3) is 0.231. The quantitative estimate of drug-likeness (QED) is 0.361. The third-order valence-corrected chi connectivity index (χ3v) is 3.62. The van der Waals surface area contributed by atoms with Gasteiger partial charge in [-0.25, -0.2) is 0 Å². The largest absolute Gasteiger partial charge is 0.480 e. The van der Waals surface area contributed by atoms with Crippen molar-refractivity contribution in [3.63, 3.8) is 0 Å². The molecule has 0 radical (unpaired) electrons. The van der Waals surface area contributed by atoms with Gasteiger partial charge in [0.15, 0.2) is 0 Å². The van der Waals surface area contributed by atoms with Crippen LogP contribution in [0.2, 0.25) is 0 Å². The molecule has 2 N–H and O–H groups in total. The van der Waals surface area contributed by atoms with E-state index in [-0.39, 0.29) is 13.1 Å². The van der Waals surface area contributed by atoms with Gasteiger partial charge in [0.05, 0.1) is 5.52 Å². The Morgan fingerprint density at radius 3 is 3.05 bits per heavy atom. The molecule has 1 heterocycles. The summed E-state index contributed by atoms with van der Waals surface area (Å²) < 4.78 is 0.854. The average Bonchev–Trinajstić information content (AvgIpc) is 2.49. The van der Waals surface area contributed by atoms with Crippen molar-refractivity contribution in [3.8, 4) is 0 Å². The van der Waals surface area contributed by atoms with E-state index in [9.17, 15) is 9.90 Å². The van der Waals surface area contributed by atoms with Crippen molar-refractivity contribution in [2.75, 3.05) is 13.1 Å². The molecular formula is C13H12BrN5O2. The first-order valence-electron chi connectivity index (χ1n) is 6.15. The molecule has 0 fully saturated rings. The monoisotopic (exact) mass is 349 g/mol. The number of nitrogens with zero attached hydrogens (tertiary/aromatic N) is 4. The second-order valence-corrected chi connectivity index (χ2v) is 5.07. The van der Waals surface area contributed by atoms with Crippen LogP contribution in [-0.2, 0) is 4.79 Å². The van der Waals surface area contributed by atoms with Gasteiger partial charge in [-0.3, -0.25) is 9.78 Å². The van der Waals surface area contributed by atoms with E-state index in [1.54, 1.807) is 24.4 Å². The van der Waals surface area contributed by atoms with Gasteiger partial charge in [-0.2, -0.15) is 0 Å². The molecule has 0 aliphatic rings. The van der Waals surface area contributed by atoms with Crippen molar-refractivity contribution >= 4 is 32.8 Å². The van der Waals surface area contributed by atoms with Crippen LogP contribution >= 0.6 is 15.9 Å². The number of carboxylic acid groups (broad SMARTS) is 1. The Hall–Kier alpha value is -2.15. The van der Waals surface area contributed by atoms with E-state index in [1.807, 2.05) is 6.07 Å². The number of hydrogen-bond acceptors (Lipinski definition) is 4. The summed E-state index contributed by atoms with van der Waals surface area (Å²) in [6.07, 6.45) is 1.62. The molecule has 8 heteroatoms. The number of carbonyl (C=O) groups is 1. The molecule has 0 saturated carbocycles. The lowest BCUT2D eigenvalue weighted by Gasteiger charge is -2.16. The van der Waals surface area contributed by atoms with Gasteiger partial charge < -0.3 is 10.4 Å². The molecule has 0 bridgehead atoms. The smallest absolute Gasteiger partial charge is 0.325 e. The number of benzene rings is 1. The maximum Gasteiger partial charge on any atom is 0.325 e. The summed E-state index contributed by atoms with van der Waals surface area (Å²) in [6, 6.07) is 6.27. The lowest BCUT2D eigenvalue weighted by molar-refractivity contribution is -0.139. The summed E-state index contributed by atoms with van der Waals surface area (Å²) in [7, 11) is 0. The first-order valence-corrected chi connectivity index (χ1v) is 6.94. The number of aromatic nitrogens is 1. The standard InChI is InChI=1S/C13H12BrN5O2/c14-10-4-3-9(11-8(10)2-1-5-16-11)12(13(20)21)17-6-7-18-19-15/h1-5,12,17H,6-7H2,(H,20,21). The van der Waals surface area contributed by atoms with Gasteiger partial charge in [-0.1, -0.05) is 33.2 Å². The van der Waals surface area contributed by atoms with Crippen molar-refractivity contribution in [3.05, 3.63) is 50.9 Å². The number of carboxylic acids is 1. The van der Waals surface area contributed by atoms with E-state index < -0.39 is 12.0 Å². The van der Waals surface area contributed by atoms with Gasteiger partial charge in [0.25, 0.3) is 0 Å². The zero-order valence-corrected chi connectivity index (χ0v) is 12.5. The topological polar surface area (TPSA) is 111 Å². The van der Waals surface area contributed by atoms with Crippen LogP contribution in [0.5, 0.6) is 0 Å². The molecule has 1 atom stereocenters. The molecule has 2 aromatic rings. The molecule has 21 heavy (non-hydrogen) atoms. The molecule has 2 rings (SSSR count). The number of hydrogen-bond donors (Lipinski definition) is 2. The normalized spacial score (nSPS) is 11.9. The molecule has 1 aromatic heterocycles. The minimum Gasteiger partial charge on any atom is -0.480 e. The van der Waals surface area contributed by atoms with Crippen molar-refractivity contribution in [2.24, 2.45) is 5.11 Å². The summed E-state index contributed by atoms with van der Waals surface area (Å²) in [5.41, 5.74) is 9.42. The summed E-state index contributed by atoms with van der Waals surface area (Å²) in [5, 5.41) is 16.5. The van der Waals surface area contributed by atoms with E-state index in [0.717, 1.165) is 9.86 Å². The maximum absolute atomic E-state index is 11.5. The number of azide groups is 1. The fourth-order valence-corrected chi connectivity index (χ4v) is 2.48. The molecule has 0 spiro atoms. The fourth-order valence-electron chi connectivity index (χ4n) is 2.03. The molecule has 0 saturated heterocycles. The molecule has 1 unspecified atom stereocenters. The Morgan fingerprint density at radius 2 is 2.33 bits per heavy atom. The van der Waals surface area contributed by atoms with Crippen LogP contribution < -0.4 is 5.32 Å².